The third kappa shape index (κ3) is 3.23. The first kappa shape index (κ1) is 17.4. The van der Waals surface area contributed by atoms with Gasteiger partial charge in [-0.2, -0.15) is 0 Å². The third-order valence-electron chi connectivity index (χ3n) is 5.13. The standard InChI is InChI=1S/C19H19N5O2S/c20-18-23-15(12-27-18)19(13-4-2-1-3-5-13)6-8-24(9-7-19)17(26)14-10-22-16(25)11-21-14/h1-5,10-12H,6-9H2,(H2,20,23)(H,22,25). The number of likely N-dealkylation sites (tertiary alicyclic amines) is 1. The number of carbonyl (C=O) groups excluding carboxylic acids is 1. The van der Waals surface area contributed by atoms with E-state index in [-0.39, 0.29) is 22.6 Å². The molecule has 1 amide bonds. The molecular weight excluding hydrogens is 362 g/mol. The van der Waals surface area contributed by atoms with Crippen molar-refractivity contribution in [2.45, 2.75) is 18.3 Å². The normalized spacial score (nSPS) is 16.2. The van der Waals surface area contributed by atoms with Gasteiger partial charge in [-0.25, -0.2) is 9.97 Å². The minimum absolute atomic E-state index is 0.175. The number of benzene rings is 1. The highest BCUT2D eigenvalue weighted by Crippen LogP contribution is 2.42. The van der Waals surface area contributed by atoms with E-state index in [1.807, 2.05) is 23.6 Å². The maximum atomic E-state index is 12.7. The van der Waals surface area contributed by atoms with Gasteiger partial charge in [0.15, 0.2) is 5.13 Å². The van der Waals surface area contributed by atoms with Crippen molar-refractivity contribution in [2.24, 2.45) is 0 Å². The molecule has 2 aromatic heterocycles. The van der Waals surface area contributed by atoms with Crippen molar-refractivity contribution in [3.8, 4) is 0 Å². The summed E-state index contributed by atoms with van der Waals surface area (Å²) in [6.45, 7) is 1.15. The summed E-state index contributed by atoms with van der Waals surface area (Å²) in [6.07, 6.45) is 3.99. The van der Waals surface area contributed by atoms with Gasteiger partial charge in [0.1, 0.15) is 5.69 Å². The van der Waals surface area contributed by atoms with E-state index in [1.165, 1.54) is 23.1 Å². The number of hydrogen-bond acceptors (Lipinski definition) is 6. The van der Waals surface area contributed by atoms with Gasteiger partial charge >= 0.3 is 0 Å². The lowest BCUT2D eigenvalue weighted by molar-refractivity contribution is 0.0677. The van der Waals surface area contributed by atoms with E-state index < -0.39 is 0 Å². The number of piperidine rings is 1. The fraction of sp³-hybridized carbons (Fsp3) is 0.263. The summed E-state index contributed by atoms with van der Waals surface area (Å²) >= 11 is 1.44. The summed E-state index contributed by atoms with van der Waals surface area (Å²) in [7, 11) is 0. The van der Waals surface area contributed by atoms with Crippen LogP contribution >= 0.6 is 11.3 Å². The number of nitrogens with two attached hydrogens (primary N) is 1. The van der Waals surface area contributed by atoms with E-state index in [2.05, 4.69) is 27.1 Å². The lowest BCUT2D eigenvalue weighted by Crippen LogP contribution is -2.46. The van der Waals surface area contributed by atoms with Crippen molar-refractivity contribution < 1.29 is 4.79 Å². The number of hydrogen-bond donors (Lipinski definition) is 2. The molecule has 0 atom stereocenters. The fourth-order valence-electron chi connectivity index (χ4n) is 3.67. The van der Waals surface area contributed by atoms with E-state index in [0.29, 0.717) is 18.2 Å². The van der Waals surface area contributed by atoms with Crippen molar-refractivity contribution in [3.05, 3.63) is 75.4 Å². The molecule has 3 heterocycles. The summed E-state index contributed by atoms with van der Waals surface area (Å²) in [5, 5.41) is 2.57. The molecule has 27 heavy (non-hydrogen) atoms. The number of H-pyrrole nitrogens is 1. The molecule has 0 unspecified atom stereocenters. The Balaban J connectivity index is 1.61. The van der Waals surface area contributed by atoms with Gasteiger partial charge in [0, 0.05) is 30.1 Å². The van der Waals surface area contributed by atoms with Crippen molar-refractivity contribution in [1.29, 1.82) is 0 Å². The summed E-state index contributed by atoms with van der Waals surface area (Å²) in [4.78, 5) is 36.7. The van der Waals surface area contributed by atoms with E-state index in [1.54, 1.807) is 4.90 Å². The second-order valence-corrected chi connectivity index (χ2v) is 7.50. The molecule has 3 aromatic rings. The maximum absolute atomic E-state index is 12.7. The van der Waals surface area contributed by atoms with Gasteiger partial charge in [-0.3, -0.25) is 9.59 Å². The lowest BCUT2D eigenvalue weighted by Gasteiger charge is -2.41. The molecule has 1 aliphatic rings. The highest BCUT2D eigenvalue weighted by molar-refractivity contribution is 7.13. The summed E-state index contributed by atoms with van der Waals surface area (Å²) in [6, 6.07) is 10.3. The number of nitrogens with zero attached hydrogens (tertiary/aromatic N) is 3. The second-order valence-electron chi connectivity index (χ2n) is 6.61. The van der Waals surface area contributed by atoms with Crippen LogP contribution in [0.1, 0.15) is 34.6 Å². The minimum atomic E-state index is -0.325. The largest absolute Gasteiger partial charge is 0.375 e. The molecule has 4 rings (SSSR count). The van der Waals surface area contributed by atoms with Gasteiger partial charge in [-0.05, 0) is 18.4 Å². The number of aromatic amines is 1. The molecule has 1 fully saturated rings. The van der Waals surface area contributed by atoms with Crippen LogP contribution in [0.3, 0.4) is 0 Å². The molecule has 8 heteroatoms. The Hall–Kier alpha value is -3.00. The van der Waals surface area contributed by atoms with Crippen LogP contribution < -0.4 is 11.3 Å². The van der Waals surface area contributed by atoms with Gasteiger partial charge in [0.05, 0.1) is 11.9 Å². The van der Waals surface area contributed by atoms with Gasteiger partial charge in [0.25, 0.3) is 11.5 Å². The number of aromatic nitrogens is 3. The zero-order chi connectivity index (χ0) is 18.9. The molecule has 0 spiro atoms. The number of thiazole rings is 1. The number of anilines is 1. The first-order valence-corrected chi connectivity index (χ1v) is 9.57. The average molecular weight is 381 g/mol. The van der Waals surface area contributed by atoms with Crippen LogP contribution in [0.25, 0.3) is 0 Å². The molecule has 1 aromatic carbocycles. The van der Waals surface area contributed by atoms with Gasteiger partial charge in [-0.1, -0.05) is 30.3 Å². The van der Waals surface area contributed by atoms with E-state index >= 15 is 0 Å². The Kier molecular flexibility index (Phi) is 4.49. The van der Waals surface area contributed by atoms with Crippen molar-refractivity contribution in [2.75, 3.05) is 18.8 Å². The van der Waals surface area contributed by atoms with Crippen LogP contribution in [0, 0.1) is 0 Å². The smallest absolute Gasteiger partial charge is 0.273 e. The highest BCUT2D eigenvalue weighted by atomic mass is 32.1. The number of amides is 1. The molecule has 0 aliphatic carbocycles. The van der Waals surface area contributed by atoms with E-state index in [0.717, 1.165) is 24.7 Å². The Bertz CT molecular complexity index is 986. The topological polar surface area (TPSA) is 105 Å². The SMILES string of the molecule is Nc1nc(C2(c3ccccc3)CCN(C(=O)c3c[nH]c(=O)cn3)CC2)cs1. The molecule has 1 saturated heterocycles. The summed E-state index contributed by atoms with van der Waals surface area (Å²) in [5.41, 5.74) is 7.71. The molecule has 0 radical (unpaired) electrons. The zero-order valence-corrected chi connectivity index (χ0v) is 15.4. The minimum Gasteiger partial charge on any atom is -0.375 e. The number of carbonyl (C=O) groups is 1. The van der Waals surface area contributed by atoms with E-state index in [4.69, 9.17) is 5.73 Å². The van der Waals surface area contributed by atoms with Crippen LogP contribution in [0.15, 0.2) is 52.9 Å². The molecule has 138 valence electrons. The van der Waals surface area contributed by atoms with Crippen LogP contribution in [-0.2, 0) is 5.41 Å². The Morgan fingerprint density at radius 3 is 2.56 bits per heavy atom. The van der Waals surface area contributed by atoms with Crippen LogP contribution in [0.2, 0.25) is 0 Å². The molecule has 0 bridgehead atoms. The second kappa shape index (κ2) is 6.96. The first-order chi connectivity index (χ1) is 13.1. The maximum Gasteiger partial charge on any atom is 0.273 e. The van der Waals surface area contributed by atoms with Crippen LogP contribution in [0.4, 0.5) is 5.13 Å². The predicted octanol–water partition coefficient (Wildman–Crippen LogP) is 2.03. The average Bonchev–Trinajstić information content (AvgIpc) is 3.16. The monoisotopic (exact) mass is 381 g/mol. The molecule has 7 nitrogen and oxygen atoms in total. The lowest BCUT2D eigenvalue weighted by atomic mass is 9.70. The summed E-state index contributed by atoms with van der Waals surface area (Å²) in [5.74, 6) is -0.175. The van der Waals surface area contributed by atoms with Crippen molar-refractivity contribution in [1.82, 2.24) is 19.9 Å². The van der Waals surface area contributed by atoms with Gasteiger partial charge in [-0.15, -0.1) is 11.3 Å². The summed E-state index contributed by atoms with van der Waals surface area (Å²) < 4.78 is 0. The quantitative estimate of drug-likeness (QED) is 0.722. The van der Waals surface area contributed by atoms with Gasteiger partial charge < -0.3 is 15.6 Å². The fourth-order valence-corrected chi connectivity index (χ4v) is 4.33. The molecule has 0 saturated carbocycles. The van der Waals surface area contributed by atoms with Crippen LogP contribution in [-0.4, -0.2) is 38.8 Å². The Morgan fingerprint density at radius 2 is 1.96 bits per heavy atom. The third-order valence-corrected chi connectivity index (χ3v) is 5.81. The Labute approximate surface area is 159 Å². The number of nitrogen functional groups attached to an aromatic ring is 1. The van der Waals surface area contributed by atoms with Crippen molar-refractivity contribution in [3.63, 3.8) is 0 Å². The predicted molar refractivity (Wildman–Crippen MR) is 104 cm³/mol. The zero-order valence-electron chi connectivity index (χ0n) is 14.6. The molecule has 3 N–H and O–H groups in total. The number of rotatable bonds is 3. The molecule has 1 aliphatic heterocycles. The highest BCUT2D eigenvalue weighted by Gasteiger charge is 2.41. The van der Waals surface area contributed by atoms with Gasteiger partial charge in [0.2, 0.25) is 0 Å². The van der Waals surface area contributed by atoms with Crippen LogP contribution in [0.5, 0.6) is 0 Å². The van der Waals surface area contributed by atoms with Crippen molar-refractivity contribution >= 4 is 22.4 Å². The molecular formula is C19H19N5O2S. The number of nitrogens with one attached hydrogen (secondary N) is 1. The first-order valence-electron chi connectivity index (χ1n) is 8.69. The Morgan fingerprint density at radius 1 is 1.22 bits per heavy atom. The van der Waals surface area contributed by atoms with E-state index in [9.17, 15) is 9.59 Å².